The van der Waals surface area contributed by atoms with E-state index in [9.17, 15) is 5.11 Å². The van der Waals surface area contributed by atoms with E-state index in [4.69, 9.17) is 0 Å². The Morgan fingerprint density at radius 3 is 2.00 bits per heavy atom. The Hall–Kier alpha value is -0.0400. The zero-order valence-corrected chi connectivity index (χ0v) is 7.59. The zero-order chi connectivity index (χ0) is 8.15. The van der Waals surface area contributed by atoms with E-state index >= 15 is 0 Å². The third kappa shape index (κ3) is 3.21. The van der Waals surface area contributed by atoms with Gasteiger partial charge in [-0.15, -0.1) is 0 Å². The summed E-state index contributed by atoms with van der Waals surface area (Å²) >= 11 is 0. The molecule has 1 N–H and O–H groups in total. The third-order valence-electron chi connectivity index (χ3n) is 2.01. The molecule has 10 heavy (non-hydrogen) atoms. The number of hydrogen-bond acceptors (Lipinski definition) is 1. The van der Waals surface area contributed by atoms with E-state index in [0.717, 1.165) is 6.42 Å². The first kappa shape index (κ1) is 9.96. The maximum atomic E-state index is 9.53. The van der Waals surface area contributed by atoms with Crippen molar-refractivity contribution in [3.8, 4) is 0 Å². The zero-order valence-electron chi connectivity index (χ0n) is 7.59. The van der Waals surface area contributed by atoms with Gasteiger partial charge < -0.3 is 5.11 Å². The molecule has 0 saturated carbocycles. The highest BCUT2D eigenvalue weighted by atomic mass is 16.3. The Morgan fingerprint density at radius 1 is 1.20 bits per heavy atom. The lowest BCUT2D eigenvalue weighted by Gasteiger charge is -2.21. The van der Waals surface area contributed by atoms with Gasteiger partial charge in [0.05, 0.1) is 6.10 Å². The molecule has 0 aliphatic heterocycles. The summed E-state index contributed by atoms with van der Waals surface area (Å²) < 4.78 is 0. The van der Waals surface area contributed by atoms with Crippen molar-refractivity contribution >= 4 is 0 Å². The average molecular weight is 144 g/mol. The molecule has 0 saturated heterocycles. The van der Waals surface area contributed by atoms with Crippen molar-refractivity contribution in [2.75, 3.05) is 0 Å². The molecule has 0 heterocycles. The van der Waals surface area contributed by atoms with Crippen LogP contribution in [-0.2, 0) is 0 Å². The lowest BCUT2D eigenvalue weighted by molar-refractivity contribution is 0.0681. The van der Waals surface area contributed by atoms with Gasteiger partial charge in [0.2, 0.25) is 0 Å². The Balaban J connectivity index is 3.58. The first-order valence-electron chi connectivity index (χ1n) is 4.27. The SMILES string of the molecule is CCC[C@@H](C)[C@H](O)C(C)C. The summed E-state index contributed by atoms with van der Waals surface area (Å²) in [4.78, 5) is 0. The smallest absolute Gasteiger partial charge is 0.0588 e. The van der Waals surface area contributed by atoms with Crippen LogP contribution in [0.3, 0.4) is 0 Å². The van der Waals surface area contributed by atoms with Gasteiger partial charge in [-0.05, 0) is 18.3 Å². The van der Waals surface area contributed by atoms with Crippen molar-refractivity contribution in [3.63, 3.8) is 0 Å². The minimum Gasteiger partial charge on any atom is -0.393 e. The Kier molecular flexibility index (Phi) is 4.71. The van der Waals surface area contributed by atoms with Gasteiger partial charge in [-0.25, -0.2) is 0 Å². The van der Waals surface area contributed by atoms with Gasteiger partial charge in [-0.1, -0.05) is 34.1 Å². The van der Waals surface area contributed by atoms with Crippen LogP contribution in [0.4, 0.5) is 0 Å². The van der Waals surface area contributed by atoms with Crippen LogP contribution in [0.1, 0.15) is 40.5 Å². The number of aliphatic hydroxyl groups excluding tert-OH is 1. The van der Waals surface area contributed by atoms with Crippen molar-refractivity contribution in [3.05, 3.63) is 0 Å². The predicted octanol–water partition coefficient (Wildman–Crippen LogP) is 2.44. The van der Waals surface area contributed by atoms with Crippen molar-refractivity contribution in [2.45, 2.75) is 46.6 Å². The molecule has 1 heteroatoms. The fraction of sp³-hybridized carbons (Fsp3) is 1.00. The van der Waals surface area contributed by atoms with Gasteiger partial charge in [0.1, 0.15) is 0 Å². The summed E-state index contributed by atoms with van der Waals surface area (Å²) in [5.74, 6) is 0.867. The summed E-state index contributed by atoms with van der Waals surface area (Å²) in [5, 5.41) is 9.53. The van der Waals surface area contributed by atoms with Crippen LogP contribution in [0.5, 0.6) is 0 Å². The van der Waals surface area contributed by atoms with E-state index < -0.39 is 0 Å². The van der Waals surface area contributed by atoms with E-state index in [1.54, 1.807) is 0 Å². The second-order valence-electron chi connectivity index (χ2n) is 3.50. The molecule has 0 amide bonds. The van der Waals surface area contributed by atoms with Gasteiger partial charge in [-0.2, -0.15) is 0 Å². The van der Waals surface area contributed by atoms with E-state index in [1.165, 1.54) is 6.42 Å². The third-order valence-corrected chi connectivity index (χ3v) is 2.01. The molecule has 0 spiro atoms. The van der Waals surface area contributed by atoms with Crippen molar-refractivity contribution in [1.82, 2.24) is 0 Å². The number of hydrogen-bond donors (Lipinski definition) is 1. The van der Waals surface area contributed by atoms with Crippen molar-refractivity contribution < 1.29 is 5.11 Å². The second kappa shape index (κ2) is 4.73. The highest BCUT2D eigenvalue weighted by Gasteiger charge is 2.15. The second-order valence-corrected chi connectivity index (χ2v) is 3.50. The minimum atomic E-state index is -0.111. The summed E-state index contributed by atoms with van der Waals surface area (Å²) in [6, 6.07) is 0. The van der Waals surface area contributed by atoms with Crippen LogP contribution in [0.2, 0.25) is 0 Å². The van der Waals surface area contributed by atoms with E-state index in [2.05, 4.69) is 27.7 Å². The van der Waals surface area contributed by atoms with E-state index in [0.29, 0.717) is 11.8 Å². The molecule has 0 bridgehead atoms. The standard InChI is InChI=1S/C9H20O/c1-5-6-8(4)9(10)7(2)3/h7-10H,5-6H2,1-4H3/t8-,9-/m1/s1. The average Bonchev–Trinajstić information content (AvgIpc) is 1.87. The molecule has 0 radical (unpaired) electrons. The lowest BCUT2D eigenvalue weighted by atomic mass is 9.92. The Bertz CT molecular complexity index is 78.8. The van der Waals surface area contributed by atoms with Crippen LogP contribution < -0.4 is 0 Å². The van der Waals surface area contributed by atoms with Crippen LogP contribution in [-0.4, -0.2) is 11.2 Å². The molecule has 0 aliphatic carbocycles. The molecule has 1 nitrogen and oxygen atoms in total. The lowest BCUT2D eigenvalue weighted by Crippen LogP contribution is -2.23. The number of rotatable bonds is 4. The van der Waals surface area contributed by atoms with Crippen molar-refractivity contribution in [1.29, 1.82) is 0 Å². The molecular weight excluding hydrogens is 124 g/mol. The molecule has 0 aliphatic rings. The minimum absolute atomic E-state index is 0.111. The summed E-state index contributed by atoms with van der Waals surface area (Å²) in [6.07, 6.45) is 2.20. The maximum Gasteiger partial charge on any atom is 0.0588 e. The van der Waals surface area contributed by atoms with E-state index in [1.807, 2.05) is 0 Å². The highest BCUT2D eigenvalue weighted by Crippen LogP contribution is 2.16. The number of aliphatic hydroxyl groups is 1. The molecule has 0 rings (SSSR count). The van der Waals surface area contributed by atoms with Gasteiger partial charge in [0.15, 0.2) is 0 Å². The van der Waals surface area contributed by atoms with Gasteiger partial charge in [0.25, 0.3) is 0 Å². The van der Waals surface area contributed by atoms with Gasteiger partial charge in [0, 0.05) is 0 Å². The predicted molar refractivity (Wildman–Crippen MR) is 44.9 cm³/mol. The largest absolute Gasteiger partial charge is 0.393 e. The van der Waals surface area contributed by atoms with Gasteiger partial charge >= 0.3 is 0 Å². The molecule has 0 fully saturated rings. The van der Waals surface area contributed by atoms with Crippen LogP contribution in [0.25, 0.3) is 0 Å². The molecule has 62 valence electrons. The Labute approximate surface area is 64.5 Å². The fourth-order valence-electron chi connectivity index (χ4n) is 1.28. The molecule has 2 atom stereocenters. The molecule has 0 aromatic heterocycles. The monoisotopic (exact) mass is 144 g/mol. The normalized spacial score (nSPS) is 17.4. The molecule has 0 aromatic carbocycles. The first-order valence-corrected chi connectivity index (χ1v) is 4.27. The molecule has 0 aromatic rings. The molecular formula is C9H20O. The van der Waals surface area contributed by atoms with E-state index in [-0.39, 0.29) is 6.10 Å². The first-order chi connectivity index (χ1) is 4.59. The summed E-state index contributed by atoms with van der Waals surface area (Å²) in [5.41, 5.74) is 0. The highest BCUT2D eigenvalue weighted by molar-refractivity contribution is 4.66. The Morgan fingerprint density at radius 2 is 1.70 bits per heavy atom. The summed E-state index contributed by atoms with van der Waals surface area (Å²) in [7, 11) is 0. The van der Waals surface area contributed by atoms with Crippen LogP contribution in [0.15, 0.2) is 0 Å². The molecule has 0 unspecified atom stereocenters. The van der Waals surface area contributed by atoms with Crippen molar-refractivity contribution in [2.24, 2.45) is 11.8 Å². The van der Waals surface area contributed by atoms with Crippen LogP contribution in [0, 0.1) is 11.8 Å². The summed E-state index contributed by atoms with van der Waals surface area (Å²) in [6.45, 7) is 8.41. The topological polar surface area (TPSA) is 20.2 Å². The fourth-order valence-corrected chi connectivity index (χ4v) is 1.28. The quantitative estimate of drug-likeness (QED) is 0.642. The maximum absolute atomic E-state index is 9.53. The van der Waals surface area contributed by atoms with Crippen LogP contribution >= 0.6 is 0 Å². The van der Waals surface area contributed by atoms with Gasteiger partial charge in [-0.3, -0.25) is 0 Å².